The molecule has 1 aliphatic heterocycles. The molecule has 2 heterocycles. The van der Waals surface area contributed by atoms with E-state index in [1.807, 2.05) is 19.9 Å². The van der Waals surface area contributed by atoms with E-state index in [9.17, 15) is 13.5 Å². The van der Waals surface area contributed by atoms with Gasteiger partial charge in [0.25, 0.3) is 0 Å². The summed E-state index contributed by atoms with van der Waals surface area (Å²) in [5.41, 5.74) is 8.33. The fraction of sp³-hybridized carbons (Fsp3) is 0.500. The maximum atomic E-state index is 11.9. The number of nitrogen functional groups attached to an aromatic ring is 1. The van der Waals surface area contributed by atoms with Gasteiger partial charge in [-0.15, -0.1) is 0 Å². The largest absolute Gasteiger partial charge is 0.393 e. The van der Waals surface area contributed by atoms with Crippen molar-refractivity contribution in [3.8, 4) is 0 Å². The fourth-order valence-corrected chi connectivity index (χ4v) is 3.78. The molecule has 0 saturated carbocycles. The van der Waals surface area contributed by atoms with Crippen molar-refractivity contribution in [2.45, 2.75) is 38.8 Å². The average Bonchev–Trinajstić information content (AvgIpc) is 2.97. The van der Waals surface area contributed by atoms with E-state index in [2.05, 4.69) is 19.4 Å². The van der Waals surface area contributed by atoms with Gasteiger partial charge in [0, 0.05) is 31.0 Å². The van der Waals surface area contributed by atoms with Gasteiger partial charge in [-0.2, -0.15) is 5.10 Å². The molecule has 1 aliphatic carbocycles. The number of piperidine rings is 1. The molecular formula is C18H27N6O3S+. The highest BCUT2D eigenvalue weighted by Crippen LogP contribution is 2.25. The Morgan fingerprint density at radius 2 is 2.04 bits per heavy atom. The van der Waals surface area contributed by atoms with Gasteiger partial charge in [-0.05, 0) is 19.9 Å². The quantitative estimate of drug-likeness (QED) is 0.501. The van der Waals surface area contributed by atoms with Crippen LogP contribution in [0, 0.1) is 0 Å². The van der Waals surface area contributed by atoms with Crippen molar-refractivity contribution in [2.24, 2.45) is 4.99 Å². The van der Waals surface area contributed by atoms with E-state index in [1.54, 1.807) is 23.0 Å². The topological polar surface area (TPSA) is 126 Å². The molecule has 1 saturated heterocycles. The molecule has 0 radical (unpaired) electrons. The van der Waals surface area contributed by atoms with Crippen LogP contribution in [0.5, 0.6) is 0 Å². The Hall–Kier alpha value is -2.46. The minimum absolute atomic E-state index is 0.0920. The van der Waals surface area contributed by atoms with Gasteiger partial charge in [-0.1, -0.05) is 0 Å². The van der Waals surface area contributed by atoms with Gasteiger partial charge in [0.15, 0.2) is 0 Å². The van der Waals surface area contributed by atoms with Crippen molar-refractivity contribution in [3.05, 3.63) is 30.1 Å². The lowest BCUT2D eigenvalue weighted by Gasteiger charge is -2.18. The second-order valence-corrected chi connectivity index (χ2v) is 9.11. The lowest BCUT2D eigenvalue weighted by molar-refractivity contribution is -0.540. The minimum atomic E-state index is -3.49. The summed E-state index contributed by atoms with van der Waals surface area (Å²) < 4.78 is 30.0. The number of allylic oxidation sites excluding steroid dienone is 3. The number of aromatic nitrogens is 2. The second-order valence-electron chi connectivity index (χ2n) is 7.36. The first-order valence-corrected chi connectivity index (χ1v) is 11.1. The molecule has 1 fully saturated rings. The number of rotatable bonds is 4. The molecule has 2 aliphatic rings. The van der Waals surface area contributed by atoms with Crippen molar-refractivity contribution in [3.63, 3.8) is 0 Å². The molecule has 0 amide bonds. The van der Waals surface area contributed by atoms with Gasteiger partial charge in [0.05, 0.1) is 30.0 Å². The zero-order valence-corrected chi connectivity index (χ0v) is 17.1. The molecule has 0 aromatic carbocycles. The van der Waals surface area contributed by atoms with Crippen LogP contribution < -0.4 is 10.5 Å². The van der Waals surface area contributed by atoms with E-state index in [1.165, 1.54) is 0 Å². The smallest absolute Gasteiger partial charge is 0.229 e. The molecule has 1 aromatic heterocycles. The average molecular weight is 408 g/mol. The summed E-state index contributed by atoms with van der Waals surface area (Å²) in [6.45, 7) is 5.36. The highest BCUT2D eigenvalue weighted by atomic mass is 32.2. The van der Waals surface area contributed by atoms with Crippen LogP contribution in [0.1, 0.15) is 32.7 Å². The number of anilines is 1. The Balaban J connectivity index is 1.99. The minimum Gasteiger partial charge on any atom is -0.393 e. The molecule has 3 rings (SSSR count). The maximum absolute atomic E-state index is 11.9. The number of sulfonamides is 1. The zero-order chi connectivity index (χ0) is 20.5. The summed E-state index contributed by atoms with van der Waals surface area (Å²) in [6, 6.07) is 0.0920. The lowest BCUT2D eigenvalue weighted by Crippen LogP contribution is -2.34. The monoisotopic (exact) mass is 407 g/mol. The zero-order valence-electron chi connectivity index (χ0n) is 16.3. The van der Waals surface area contributed by atoms with E-state index in [0.29, 0.717) is 48.8 Å². The molecule has 152 valence electrons. The summed E-state index contributed by atoms with van der Waals surface area (Å²) in [5.74, 6) is 0.425. The third-order valence-corrected chi connectivity index (χ3v) is 5.24. The molecule has 0 spiro atoms. The second kappa shape index (κ2) is 7.88. The molecule has 28 heavy (non-hydrogen) atoms. The van der Waals surface area contributed by atoms with Gasteiger partial charge < -0.3 is 10.8 Å². The third-order valence-electron chi connectivity index (χ3n) is 4.65. The van der Waals surface area contributed by atoms with Crippen LogP contribution in [0.2, 0.25) is 0 Å². The number of aliphatic hydroxyl groups is 1. The van der Waals surface area contributed by atoms with Crippen LogP contribution in [0.4, 0.5) is 11.5 Å². The highest BCUT2D eigenvalue weighted by Gasteiger charge is 2.24. The van der Waals surface area contributed by atoms with Crippen molar-refractivity contribution in [2.75, 3.05) is 25.1 Å². The Morgan fingerprint density at radius 1 is 1.36 bits per heavy atom. The molecule has 0 atom stereocenters. The van der Waals surface area contributed by atoms with Crippen molar-refractivity contribution < 1.29 is 18.1 Å². The first-order chi connectivity index (χ1) is 13.1. The maximum Gasteiger partial charge on any atom is 0.229 e. The van der Waals surface area contributed by atoms with Crippen molar-refractivity contribution >= 4 is 33.0 Å². The van der Waals surface area contributed by atoms with E-state index in [4.69, 9.17) is 5.73 Å². The van der Waals surface area contributed by atoms with E-state index >= 15 is 0 Å². The number of hydrogen-bond acceptors (Lipinski definition) is 6. The third kappa shape index (κ3) is 4.68. The van der Waals surface area contributed by atoms with Gasteiger partial charge >= 0.3 is 0 Å². The van der Waals surface area contributed by atoms with Crippen LogP contribution in [0.3, 0.4) is 0 Å². The molecule has 0 bridgehead atoms. The van der Waals surface area contributed by atoms with Crippen LogP contribution in [0.15, 0.2) is 35.1 Å². The standard InChI is InChI=1S/C18H26N6O3S/c1-12(2)24-18(19)17(11-20-24)21-15-5-4-13(10-16(15)22-28(3,26)27)23-8-6-14(25)7-9-23/h4-5,10-12,14,25H,6-9H2,1-3H3,(H2,19,20,22)/p+1. The van der Waals surface area contributed by atoms with Crippen molar-refractivity contribution in [1.82, 2.24) is 14.5 Å². The Kier molecular flexibility index (Phi) is 5.71. The van der Waals surface area contributed by atoms with Crippen molar-refractivity contribution in [1.29, 1.82) is 0 Å². The predicted octanol–water partition coefficient (Wildman–Crippen LogP) is 0.730. The molecule has 9 nitrogen and oxygen atoms in total. The van der Waals surface area contributed by atoms with Crippen LogP contribution in [-0.2, 0) is 10.0 Å². The van der Waals surface area contributed by atoms with Gasteiger partial charge in [0.2, 0.25) is 15.7 Å². The van der Waals surface area contributed by atoms with E-state index in [0.717, 1.165) is 12.0 Å². The van der Waals surface area contributed by atoms with Gasteiger partial charge in [-0.25, -0.2) is 22.7 Å². The lowest BCUT2D eigenvalue weighted by atomic mass is 10.1. The van der Waals surface area contributed by atoms with E-state index in [-0.39, 0.29) is 12.1 Å². The molecule has 4 N–H and O–H groups in total. The normalized spacial score (nSPS) is 22.1. The van der Waals surface area contributed by atoms with E-state index < -0.39 is 10.0 Å². The molecule has 10 heteroatoms. The number of aliphatic imine (C=N–C) groups is 1. The summed E-state index contributed by atoms with van der Waals surface area (Å²) in [6.07, 6.45) is 9.19. The van der Waals surface area contributed by atoms with Crippen LogP contribution >= 0.6 is 0 Å². The molecular weight excluding hydrogens is 380 g/mol. The summed E-state index contributed by atoms with van der Waals surface area (Å²) in [5, 5.41) is 13.9. The Bertz CT molecular complexity index is 975. The summed E-state index contributed by atoms with van der Waals surface area (Å²) >= 11 is 0. The Morgan fingerprint density at radius 3 is 2.61 bits per heavy atom. The number of nitrogens with two attached hydrogens (primary N) is 1. The van der Waals surface area contributed by atoms with Gasteiger partial charge in [0.1, 0.15) is 24.6 Å². The first kappa shape index (κ1) is 20.3. The fourth-order valence-electron chi connectivity index (χ4n) is 3.21. The Labute approximate surface area is 165 Å². The molecule has 0 unspecified atom stereocenters. The molecule has 1 aromatic rings. The van der Waals surface area contributed by atoms with Crippen LogP contribution in [-0.4, -0.2) is 64.8 Å². The van der Waals surface area contributed by atoms with Gasteiger partial charge in [-0.3, -0.25) is 4.72 Å². The number of hydrogen-bond donors (Lipinski definition) is 3. The SMILES string of the molecule is CC(C)n1ncc(/N=C2/C=CC(=[N+]3CCC(O)CC3)C=C2NS(C)(=O)=O)c1N. The number of nitrogens with one attached hydrogen (secondary N) is 1. The summed E-state index contributed by atoms with van der Waals surface area (Å²) in [4.78, 5) is 4.53. The summed E-state index contributed by atoms with van der Waals surface area (Å²) in [7, 11) is -3.49. The number of nitrogens with zero attached hydrogens (tertiary/aromatic N) is 4. The highest BCUT2D eigenvalue weighted by molar-refractivity contribution is 7.88. The number of aliphatic hydroxyl groups excluding tert-OH is 1. The van der Waals surface area contributed by atoms with Crippen LogP contribution in [0.25, 0.3) is 0 Å². The first-order valence-electron chi connectivity index (χ1n) is 9.23. The predicted molar refractivity (Wildman–Crippen MR) is 110 cm³/mol.